The van der Waals surface area contributed by atoms with E-state index in [2.05, 4.69) is 15.9 Å². The zero-order valence-electron chi connectivity index (χ0n) is 13.8. The minimum atomic E-state index is -0.420. The van der Waals surface area contributed by atoms with E-state index >= 15 is 0 Å². The lowest BCUT2D eigenvalue weighted by Crippen LogP contribution is -2.34. The van der Waals surface area contributed by atoms with Crippen LogP contribution in [0.4, 0.5) is 10.1 Å². The lowest BCUT2D eigenvalue weighted by Gasteiger charge is -2.22. The molecule has 1 heterocycles. The Morgan fingerprint density at radius 2 is 1.92 bits per heavy atom. The Bertz CT molecular complexity index is 812. The molecular weight excluding hydrogens is 387 g/mol. The molecular formula is C19H18BrFN2O2. The molecule has 0 radical (unpaired) electrons. The summed E-state index contributed by atoms with van der Waals surface area (Å²) in [7, 11) is 1.64. The molecule has 0 aromatic heterocycles. The fourth-order valence-electron chi connectivity index (χ4n) is 3.05. The number of hydrogen-bond acceptors (Lipinski definition) is 2. The highest BCUT2D eigenvalue weighted by atomic mass is 79.9. The third-order valence-electron chi connectivity index (χ3n) is 4.36. The Labute approximate surface area is 154 Å². The molecule has 4 nitrogen and oxygen atoms in total. The SMILES string of the molecule is CN(Cc1ccccc1F)C(=O)[C@@H]1CC(=O)N(c2ccccc2Br)C1. The van der Waals surface area contributed by atoms with Crippen molar-refractivity contribution in [2.24, 2.45) is 5.92 Å². The van der Waals surface area contributed by atoms with Crippen LogP contribution >= 0.6 is 15.9 Å². The summed E-state index contributed by atoms with van der Waals surface area (Å²) >= 11 is 3.44. The summed E-state index contributed by atoms with van der Waals surface area (Å²) in [5, 5.41) is 0. The fraction of sp³-hybridized carbons (Fsp3) is 0.263. The Hall–Kier alpha value is -2.21. The molecule has 6 heteroatoms. The van der Waals surface area contributed by atoms with E-state index in [0.29, 0.717) is 12.1 Å². The summed E-state index contributed by atoms with van der Waals surface area (Å²) in [4.78, 5) is 28.1. The molecule has 1 atom stereocenters. The quantitative estimate of drug-likeness (QED) is 0.780. The number of amides is 2. The number of nitrogens with zero attached hydrogens (tertiary/aromatic N) is 2. The van der Waals surface area contributed by atoms with Crippen LogP contribution in [0, 0.1) is 11.7 Å². The minimum absolute atomic E-state index is 0.0791. The summed E-state index contributed by atoms with van der Waals surface area (Å²) in [6, 6.07) is 13.8. The first kappa shape index (κ1) is 17.6. The van der Waals surface area contributed by atoms with Crippen molar-refractivity contribution in [3.63, 3.8) is 0 Å². The molecule has 0 bridgehead atoms. The highest BCUT2D eigenvalue weighted by Gasteiger charge is 2.37. The zero-order chi connectivity index (χ0) is 18.0. The Morgan fingerprint density at radius 3 is 2.64 bits per heavy atom. The van der Waals surface area contributed by atoms with Gasteiger partial charge in [0, 0.05) is 36.6 Å². The van der Waals surface area contributed by atoms with Crippen molar-refractivity contribution in [3.05, 3.63) is 64.4 Å². The minimum Gasteiger partial charge on any atom is -0.341 e. The molecule has 1 aliphatic rings. The molecule has 0 saturated carbocycles. The zero-order valence-corrected chi connectivity index (χ0v) is 15.4. The van der Waals surface area contributed by atoms with E-state index in [1.165, 1.54) is 11.0 Å². The van der Waals surface area contributed by atoms with Crippen molar-refractivity contribution in [1.82, 2.24) is 4.90 Å². The van der Waals surface area contributed by atoms with E-state index in [9.17, 15) is 14.0 Å². The molecule has 2 amide bonds. The number of carbonyl (C=O) groups is 2. The van der Waals surface area contributed by atoms with Crippen LogP contribution in [-0.4, -0.2) is 30.3 Å². The Morgan fingerprint density at radius 1 is 1.24 bits per heavy atom. The van der Waals surface area contributed by atoms with Crippen LogP contribution < -0.4 is 4.90 Å². The van der Waals surface area contributed by atoms with Gasteiger partial charge in [0.2, 0.25) is 11.8 Å². The third kappa shape index (κ3) is 3.74. The second-order valence-corrected chi connectivity index (χ2v) is 7.00. The molecule has 2 aromatic rings. The van der Waals surface area contributed by atoms with Crippen LogP contribution in [0.15, 0.2) is 53.0 Å². The van der Waals surface area contributed by atoms with E-state index < -0.39 is 5.92 Å². The summed E-state index contributed by atoms with van der Waals surface area (Å²) in [5.41, 5.74) is 1.23. The van der Waals surface area contributed by atoms with Crippen LogP contribution in [0.5, 0.6) is 0 Å². The first-order valence-electron chi connectivity index (χ1n) is 8.00. The summed E-state index contributed by atoms with van der Waals surface area (Å²) < 4.78 is 14.6. The standard InChI is InChI=1S/C19H18BrFN2O2/c1-22(11-13-6-2-4-8-16(13)21)19(25)14-10-18(24)23(12-14)17-9-5-3-7-15(17)20/h2-9,14H,10-12H2,1H3/t14-/m1/s1. The Kier molecular flexibility index (Phi) is 5.18. The van der Waals surface area contributed by atoms with Gasteiger partial charge in [0.05, 0.1) is 11.6 Å². The molecule has 0 N–H and O–H groups in total. The molecule has 0 spiro atoms. The maximum absolute atomic E-state index is 13.8. The maximum atomic E-state index is 13.8. The largest absolute Gasteiger partial charge is 0.341 e. The molecule has 0 aliphatic carbocycles. The lowest BCUT2D eigenvalue weighted by atomic mass is 10.1. The lowest BCUT2D eigenvalue weighted by molar-refractivity contribution is -0.135. The first-order valence-corrected chi connectivity index (χ1v) is 8.80. The number of hydrogen-bond donors (Lipinski definition) is 0. The van der Waals surface area contributed by atoms with E-state index in [4.69, 9.17) is 0 Å². The van der Waals surface area contributed by atoms with Gasteiger partial charge in [-0.25, -0.2) is 4.39 Å². The van der Waals surface area contributed by atoms with Crippen molar-refractivity contribution in [1.29, 1.82) is 0 Å². The van der Waals surface area contributed by atoms with Crippen molar-refractivity contribution in [3.8, 4) is 0 Å². The van der Waals surface area contributed by atoms with Crippen molar-refractivity contribution in [2.75, 3.05) is 18.5 Å². The predicted octanol–water partition coefficient (Wildman–Crippen LogP) is 3.60. The first-order chi connectivity index (χ1) is 12.0. The summed E-state index contributed by atoms with van der Waals surface area (Å²) in [6.45, 7) is 0.521. The van der Waals surface area contributed by atoms with E-state index in [1.54, 1.807) is 30.1 Å². The predicted molar refractivity (Wildman–Crippen MR) is 97.5 cm³/mol. The number of halogens is 2. The van der Waals surface area contributed by atoms with Crippen molar-refractivity contribution < 1.29 is 14.0 Å². The second-order valence-electron chi connectivity index (χ2n) is 6.14. The van der Waals surface area contributed by atoms with Gasteiger partial charge in [-0.15, -0.1) is 0 Å². The highest BCUT2D eigenvalue weighted by molar-refractivity contribution is 9.10. The number of rotatable bonds is 4. The average molecular weight is 405 g/mol. The molecule has 2 aromatic carbocycles. The fourth-order valence-corrected chi connectivity index (χ4v) is 3.55. The van der Waals surface area contributed by atoms with Crippen LogP contribution in [0.25, 0.3) is 0 Å². The molecule has 1 saturated heterocycles. The van der Waals surface area contributed by atoms with Gasteiger partial charge in [0.25, 0.3) is 0 Å². The number of carbonyl (C=O) groups excluding carboxylic acids is 2. The van der Waals surface area contributed by atoms with Gasteiger partial charge in [0.15, 0.2) is 0 Å². The molecule has 130 valence electrons. The maximum Gasteiger partial charge on any atom is 0.228 e. The third-order valence-corrected chi connectivity index (χ3v) is 5.03. The normalized spacial score (nSPS) is 17.0. The van der Waals surface area contributed by atoms with Crippen LogP contribution in [0.2, 0.25) is 0 Å². The van der Waals surface area contributed by atoms with Gasteiger partial charge in [-0.05, 0) is 34.1 Å². The van der Waals surface area contributed by atoms with Gasteiger partial charge in [-0.3, -0.25) is 9.59 Å². The van der Waals surface area contributed by atoms with Gasteiger partial charge >= 0.3 is 0 Å². The smallest absolute Gasteiger partial charge is 0.228 e. The second kappa shape index (κ2) is 7.35. The molecule has 3 rings (SSSR count). The number of benzene rings is 2. The van der Waals surface area contributed by atoms with Crippen LogP contribution in [0.1, 0.15) is 12.0 Å². The summed E-state index contributed by atoms with van der Waals surface area (Å²) in [6.07, 6.45) is 0.168. The van der Waals surface area contributed by atoms with Crippen LogP contribution in [-0.2, 0) is 16.1 Å². The molecule has 1 aliphatic heterocycles. The molecule has 0 unspecified atom stereocenters. The van der Waals surface area contributed by atoms with E-state index in [0.717, 1.165) is 10.2 Å². The van der Waals surface area contributed by atoms with Crippen LogP contribution in [0.3, 0.4) is 0 Å². The van der Waals surface area contributed by atoms with Gasteiger partial charge < -0.3 is 9.80 Å². The number of para-hydroxylation sites is 1. The highest BCUT2D eigenvalue weighted by Crippen LogP contribution is 2.31. The van der Waals surface area contributed by atoms with Gasteiger partial charge in [0.1, 0.15) is 5.82 Å². The molecule has 25 heavy (non-hydrogen) atoms. The Balaban J connectivity index is 1.70. The average Bonchev–Trinajstić information content (AvgIpc) is 2.98. The van der Waals surface area contributed by atoms with Crippen molar-refractivity contribution in [2.45, 2.75) is 13.0 Å². The number of anilines is 1. The topological polar surface area (TPSA) is 40.6 Å². The summed E-state index contributed by atoms with van der Waals surface area (Å²) in [5.74, 6) is -0.980. The van der Waals surface area contributed by atoms with E-state index in [-0.39, 0.29) is 30.6 Å². The van der Waals surface area contributed by atoms with Crippen molar-refractivity contribution >= 4 is 33.4 Å². The van der Waals surface area contributed by atoms with Gasteiger partial charge in [-0.1, -0.05) is 30.3 Å². The molecule has 1 fully saturated rings. The van der Waals surface area contributed by atoms with Gasteiger partial charge in [-0.2, -0.15) is 0 Å². The van der Waals surface area contributed by atoms with E-state index in [1.807, 2.05) is 24.3 Å². The monoisotopic (exact) mass is 404 g/mol.